The molecule has 2 aliphatic rings. The van der Waals surface area contributed by atoms with Crippen LogP contribution in [0.3, 0.4) is 0 Å². The topological polar surface area (TPSA) is 75.4 Å². The Morgan fingerprint density at radius 1 is 1.28 bits per heavy atom. The first-order valence-electron chi connectivity index (χ1n) is 8.76. The summed E-state index contributed by atoms with van der Waals surface area (Å²) < 4.78 is 1.95. The summed E-state index contributed by atoms with van der Waals surface area (Å²) in [5.41, 5.74) is 2.07. The lowest BCUT2D eigenvalue weighted by molar-refractivity contribution is -0.129. The van der Waals surface area contributed by atoms with E-state index in [0.717, 1.165) is 48.7 Å². The van der Waals surface area contributed by atoms with E-state index in [9.17, 15) is 4.79 Å². The molecule has 0 unspecified atom stereocenters. The van der Waals surface area contributed by atoms with Crippen LogP contribution in [0.4, 0.5) is 0 Å². The van der Waals surface area contributed by atoms with Crippen molar-refractivity contribution in [2.45, 2.75) is 38.8 Å². The number of hydrazone groups is 1. The molecule has 0 spiro atoms. The highest BCUT2D eigenvalue weighted by Gasteiger charge is 2.24. The lowest BCUT2D eigenvalue weighted by Gasteiger charge is -2.24. The minimum absolute atomic E-state index is 0.0199. The van der Waals surface area contributed by atoms with Gasteiger partial charge >= 0.3 is 0 Å². The van der Waals surface area contributed by atoms with Crippen molar-refractivity contribution < 1.29 is 4.79 Å². The van der Waals surface area contributed by atoms with Gasteiger partial charge in [0.2, 0.25) is 0 Å². The number of carbonyl (C=O) groups is 1. The maximum absolute atomic E-state index is 12.4. The molecular formula is C18H22N6O. The molecule has 4 rings (SSSR count). The first-order chi connectivity index (χ1) is 12.2. The first-order valence-corrected chi connectivity index (χ1v) is 8.76. The zero-order chi connectivity index (χ0) is 17.2. The number of hydrogen-bond acceptors (Lipinski definition) is 5. The maximum atomic E-state index is 12.4. The van der Waals surface area contributed by atoms with Gasteiger partial charge in [0.25, 0.3) is 5.91 Å². The zero-order valence-electron chi connectivity index (χ0n) is 14.4. The Morgan fingerprint density at radius 2 is 2.12 bits per heavy atom. The third-order valence-electron chi connectivity index (χ3n) is 4.70. The third kappa shape index (κ3) is 3.46. The molecule has 7 heteroatoms. The summed E-state index contributed by atoms with van der Waals surface area (Å²) in [6.07, 6.45) is 2.68. The minimum Gasteiger partial charge on any atom is -0.304 e. The second kappa shape index (κ2) is 6.76. The zero-order valence-corrected chi connectivity index (χ0v) is 14.4. The summed E-state index contributed by atoms with van der Waals surface area (Å²) in [6, 6.07) is 10.3. The predicted octanol–water partition coefficient (Wildman–Crippen LogP) is 1.13. The number of aromatic nitrogens is 3. The molecular weight excluding hydrogens is 316 g/mol. The number of amides is 1. The molecule has 1 atom stereocenters. The number of carbonyl (C=O) groups excluding carboxylic acids is 1. The van der Waals surface area contributed by atoms with E-state index in [-0.39, 0.29) is 11.9 Å². The molecule has 2 aliphatic heterocycles. The van der Waals surface area contributed by atoms with Crippen molar-refractivity contribution in [2.24, 2.45) is 5.10 Å². The fraction of sp³-hybridized carbons (Fsp3) is 0.444. The molecule has 1 amide bonds. The molecule has 2 aromatic rings. The molecule has 0 saturated heterocycles. The van der Waals surface area contributed by atoms with Crippen LogP contribution in [0.1, 0.15) is 30.1 Å². The Kier molecular flexibility index (Phi) is 4.31. The third-order valence-corrected chi connectivity index (χ3v) is 4.70. The minimum atomic E-state index is 0.0199. The van der Waals surface area contributed by atoms with E-state index in [4.69, 9.17) is 0 Å². The SMILES string of the molecule is Cc1nc2n(n1)C[C@H](NCC(=O)N1CCC(c3ccccc3)=N1)CC2. The van der Waals surface area contributed by atoms with Crippen molar-refractivity contribution in [1.29, 1.82) is 0 Å². The van der Waals surface area contributed by atoms with Gasteiger partial charge in [-0.2, -0.15) is 10.2 Å². The van der Waals surface area contributed by atoms with Gasteiger partial charge in [0.05, 0.1) is 25.3 Å². The van der Waals surface area contributed by atoms with Crippen molar-refractivity contribution in [3.63, 3.8) is 0 Å². The summed E-state index contributed by atoms with van der Waals surface area (Å²) in [5.74, 6) is 1.87. The van der Waals surface area contributed by atoms with Crippen LogP contribution >= 0.6 is 0 Å². The molecule has 25 heavy (non-hydrogen) atoms. The number of nitrogens with one attached hydrogen (secondary N) is 1. The number of nitrogens with zero attached hydrogens (tertiary/aromatic N) is 5. The number of aryl methyl sites for hydroxylation is 2. The quantitative estimate of drug-likeness (QED) is 0.907. The highest BCUT2D eigenvalue weighted by atomic mass is 16.2. The molecule has 0 fully saturated rings. The van der Waals surface area contributed by atoms with Crippen molar-refractivity contribution in [3.05, 3.63) is 47.5 Å². The van der Waals surface area contributed by atoms with Crippen molar-refractivity contribution >= 4 is 11.6 Å². The summed E-state index contributed by atoms with van der Waals surface area (Å²) >= 11 is 0. The molecule has 0 aliphatic carbocycles. The van der Waals surface area contributed by atoms with E-state index < -0.39 is 0 Å². The second-order valence-electron chi connectivity index (χ2n) is 6.55. The normalized spacial score (nSPS) is 19.6. The summed E-state index contributed by atoms with van der Waals surface area (Å²) in [6.45, 7) is 3.63. The van der Waals surface area contributed by atoms with Crippen LogP contribution in [0, 0.1) is 6.92 Å². The fourth-order valence-corrected chi connectivity index (χ4v) is 3.39. The second-order valence-corrected chi connectivity index (χ2v) is 6.55. The largest absolute Gasteiger partial charge is 0.304 e. The molecule has 1 aromatic heterocycles. The van der Waals surface area contributed by atoms with Crippen LogP contribution in [-0.2, 0) is 17.8 Å². The van der Waals surface area contributed by atoms with Crippen LogP contribution in [-0.4, -0.2) is 50.5 Å². The number of rotatable bonds is 4. The van der Waals surface area contributed by atoms with Crippen LogP contribution < -0.4 is 5.32 Å². The van der Waals surface area contributed by atoms with Gasteiger partial charge in [-0.05, 0) is 18.9 Å². The van der Waals surface area contributed by atoms with Gasteiger partial charge in [0.1, 0.15) is 11.6 Å². The van der Waals surface area contributed by atoms with Gasteiger partial charge in [0, 0.05) is 18.9 Å². The van der Waals surface area contributed by atoms with Gasteiger partial charge in [-0.25, -0.2) is 14.7 Å². The Morgan fingerprint density at radius 3 is 2.96 bits per heavy atom. The molecule has 130 valence electrons. The highest BCUT2D eigenvalue weighted by Crippen LogP contribution is 2.15. The van der Waals surface area contributed by atoms with E-state index in [1.165, 1.54) is 0 Å². The average molecular weight is 338 g/mol. The summed E-state index contributed by atoms with van der Waals surface area (Å²) in [5, 5.41) is 13.8. The van der Waals surface area contributed by atoms with Gasteiger partial charge in [-0.1, -0.05) is 30.3 Å². The predicted molar refractivity (Wildman–Crippen MR) is 94.2 cm³/mol. The lowest BCUT2D eigenvalue weighted by Crippen LogP contribution is -2.43. The molecule has 7 nitrogen and oxygen atoms in total. The Labute approximate surface area is 146 Å². The van der Waals surface area contributed by atoms with Crippen molar-refractivity contribution in [2.75, 3.05) is 13.1 Å². The van der Waals surface area contributed by atoms with E-state index in [1.54, 1.807) is 5.01 Å². The molecule has 0 radical (unpaired) electrons. The van der Waals surface area contributed by atoms with Crippen LogP contribution in [0.5, 0.6) is 0 Å². The first kappa shape index (κ1) is 16.0. The van der Waals surface area contributed by atoms with Crippen molar-refractivity contribution in [1.82, 2.24) is 25.1 Å². The molecule has 0 bridgehead atoms. The summed E-state index contributed by atoms with van der Waals surface area (Å²) in [7, 11) is 0. The van der Waals surface area contributed by atoms with E-state index in [2.05, 4.69) is 20.5 Å². The van der Waals surface area contributed by atoms with Crippen LogP contribution in [0.25, 0.3) is 0 Å². The number of hydrogen-bond donors (Lipinski definition) is 1. The highest BCUT2D eigenvalue weighted by molar-refractivity contribution is 6.02. The smallest absolute Gasteiger partial charge is 0.256 e. The van der Waals surface area contributed by atoms with Gasteiger partial charge < -0.3 is 5.32 Å². The maximum Gasteiger partial charge on any atom is 0.256 e. The van der Waals surface area contributed by atoms with E-state index in [1.807, 2.05) is 41.9 Å². The monoisotopic (exact) mass is 338 g/mol. The molecule has 1 aromatic carbocycles. The molecule has 0 saturated carbocycles. The van der Waals surface area contributed by atoms with Crippen LogP contribution in [0.2, 0.25) is 0 Å². The van der Waals surface area contributed by atoms with Gasteiger partial charge in [-0.3, -0.25) is 4.79 Å². The van der Waals surface area contributed by atoms with Crippen LogP contribution in [0.15, 0.2) is 35.4 Å². The summed E-state index contributed by atoms with van der Waals surface area (Å²) in [4.78, 5) is 16.8. The average Bonchev–Trinajstić information content (AvgIpc) is 3.26. The Hall–Kier alpha value is -2.54. The standard InChI is InChI=1S/C18H22N6O/c1-13-20-17-8-7-15(12-24(17)21-13)19-11-18(25)23-10-9-16(22-23)14-5-3-2-4-6-14/h2-6,15,19H,7-12H2,1H3/t15-/m1/s1. The van der Waals surface area contributed by atoms with E-state index in [0.29, 0.717) is 13.1 Å². The van der Waals surface area contributed by atoms with Gasteiger partial charge in [0.15, 0.2) is 0 Å². The van der Waals surface area contributed by atoms with E-state index >= 15 is 0 Å². The number of benzene rings is 1. The molecule has 3 heterocycles. The lowest BCUT2D eigenvalue weighted by atomic mass is 10.1. The van der Waals surface area contributed by atoms with Crippen molar-refractivity contribution in [3.8, 4) is 0 Å². The number of fused-ring (bicyclic) bond motifs is 1. The Bertz CT molecular complexity index is 797. The Balaban J connectivity index is 1.32. The van der Waals surface area contributed by atoms with Gasteiger partial charge in [-0.15, -0.1) is 0 Å². The molecule has 1 N–H and O–H groups in total. The fourth-order valence-electron chi connectivity index (χ4n) is 3.39.